The van der Waals surface area contributed by atoms with Gasteiger partial charge >= 0.3 is 6.18 Å². The smallest absolute Gasteiger partial charge is 0.416 e. The molecule has 0 aliphatic rings. The van der Waals surface area contributed by atoms with Crippen LogP contribution in [0.25, 0.3) is 0 Å². The molecular formula is C11H17F3O. The number of halogens is 3. The van der Waals surface area contributed by atoms with Crippen LogP contribution in [0, 0.1) is 0 Å². The number of aliphatic hydroxyl groups is 1. The van der Waals surface area contributed by atoms with Crippen LogP contribution in [0.3, 0.4) is 0 Å². The summed E-state index contributed by atoms with van der Waals surface area (Å²) in [5.41, 5.74) is -1.04. The van der Waals surface area contributed by atoms with Crippen molar-refractivity contribution in [1.29, 1.82) is 0 Å². The fourth-order valence-electron chi connectivity index (χ4n) is 0.678. The number of allylic oxidation sites excluding steroid dienone is 4. The average molecular weight is 222 g/mol. The molecule has 0 fully saturated rings. The van der Waals surface area contributed by atoms with Crippen molar-refractivity contribution in [3.8, 4) is 0 Å². The largest absolute Gasteiger partial charge is 0.508 e. The van der Waals surface area contributed by atoms with E-state index in [0.717, 1.165) is 0 Å². The number of aliphatic hydroxyl groups excluding tert-OH is 1. The number of hydrogen-bond acceptors (Lipinski definition) is 1. The van der Waals surface area contributed by atoms with Gasteiger partial charge in [-0.2, -0.15) is 13.2 Å². The summed E-state index contributed by atoms with van der Waals surface area (Å²) in [7, 11) is 0. The lowest BCUT2D eigenvalue weighted by molar-refractivity contribution is -0.0894. The summed E-state index contributed by atoms with van der Waals surface area (Å²) in [5.74, 6) is -0.421. The van der Waals surface area contributed by atoms with Gasteiger partial charge in [0.05, 0.1) is 5.57 Å². The van der Waals surface area contributed by atoms with E-state index in [1.54, 1.807) is 0 Å². The Bertz CT molecular complexity index is 259. The van der Waals surface area contributed by atoms with Crippen LogP contribution in [0.4, 0.5) is 13.2 Å². The maximum absolute atomic E-state index is 12.2. The minimum atomic E-state index is -4.47. The van der Waals surface area contributed by atoms with Crippen molar-refractivity contribution < 1.29 is 18.3 Å². The summed E-state index contributed by atoms with van der Waals surface area (Å²) >= 11 is 0. The normalized spacial score (nSPS) is 13.0. The fraction of sp³-hybridized carbons (Fsp3) is 0.455. The molecule has 15 heavy (non-hydrogen) atoms. The van der Waals surface area contributed by atoms with Crippen molar-refractivity contribution in [3.05, 3.63) is 35.6 Å². The predicted molar refractivity (Wildman–Crippen MR) is 56.7 cm³/mol. The van der Waals surface area contributed by atoms with Gasteiger partial charge in [-0.15, -0.1) is 0 Å². The fourth-order valence-corrected chi connectivity index (χ4v) is 0.678. The van der Waals surface area contributed by atoms with E-state index < -0.39 is 17.5 Å². The molecule has 0 saturated carbocycles. The zero-order valence-electron chi connectivity index (χ0n) is 9.44. The molecule has 1 N–H and O–H groups in total. The van der Waals surface area contributed by atoms with Gasteiger partial charge < -0.3 is 5.11 Å². The van der Waals surface area contributed by atoms with E-state index in [-0.39, 0.29) is 5.57 Å². The summed E-state index contributed by atoms with van der Waals surface area (Å²) in [5, 5.41) is 8.88. The molecule has 0 bridgehead atoms. The molecule has 0 aromatic rings. The van der Waals surface area contributed by atoms with Gasteiger partial charge in [0.15, 0.2) is 0 Å². The predicted octanol–water partition coefficient (Wildman–Crippen LogP) is 4.54. The van der Waals surface area contributed by atoms with E-state index >= 15 is 0 Å². The van der Waals surface area contributed by atoms with Crippen LogP contribution in [0.15, 0.2) is 35.6 Å². The van der Waals surface area contributed by atoms with Crippen LogP contribution >= 0.6 is 0 Å². The Morgan fingerprint density at radius 1 is 1.27 bits per heavy atom. The zero-order valence-corrected chi connectivity index (χ0v) is 9.44. The second-order valence-electron chi connectivity index (χ2n) is 2.55. The molecule has 0 radical (unpaired) electrons. The molecule has 0 heterocycles. The summed E-state index contributed by atoms with van der Waals surface area (Å²) < 4.78 is 36.6. The van der Waals surface area contributed by atoms with Crippen molar-refractivity contribution >= 4 is 0 Å². The lowest BCUT2D eigenvalue weighted by atomic mass is 10.1. The molecule has 0 rings (SSSR count). The molecule has 0 saturated heterocycles. The second-order valence-corrected chi connectivity index (χ2v) is 2.55. The molecule has 88 valence electrons. The van der Waals surface area contributed by atoms with Gasteiger partial charge in [-0.05, 0) is 31.6 Å². The first kappa shape index (κ1) is 16.2. The van der Waals surface area contributed by atoms with Crippen molar-refractivity contribution in [3.63, 3.8) is 0 Å². The Kier molecular flexibility index (Phi) is 7.74. The first-order valence-electron chi connectivity index (χ1n) is 4.59. The van der Waals surface area contributed by atoms with E-state index in [2.05, 4.69) is 6.58 Å². The van der Waals surface area contributed by atoms with E-state index in [9.17, 15) is 13.2 Å². The highest BCUT2D eigenvalue weighted by Crippen LogP contribution is 2.30. The van der Waals surface area contributed by atoms with Crippen LogP contribution in [-0.2, 0) is 0 Å². The molecule has 0 aliphatic carbocycles. The summed E-state index contributed by atoms with van der Waals surface area (Å²) in [6, 6.07) is 0. The van der Waals surface area contributed by atoms with Crippen LogP contribution in [-0.4, -0.2) is 11.3 Å². The van der Waals surface area contributed by atoms with Gasteiger partial charge in [0, 0.05) is 0 Å². The van der Waals surface area contributed by atoms with Crippen LogP contribution in [0.1, 0.15) is 27.7 Å². The van der Waals surface area contributed by atoms with E-state index in [1.807, 2.05) is 13.8 Å². The highest BCUT2D eigenvalue weighted by atomic mass is 19.4. The molecule has 0 amide bonds. The molecule has 4 heteroatoms. The van der Waals surface area contributed by atoms with Crippen LogP contribution in [0.2, 0.25) is 0 Å². The number of rotatable bonds is 2. The molecular weight excluding hydrogens is 205 g/mol. The van der Waals surface area contributed by atoms with Crippen molar-refractivity contribution in [2.24, 2.45) is 0 Å². The summed E-state index contributed by atoms with van der Waals surface area (Å²) in [6.45, 7) is 9.86. The first-order valence-corrected chi connectivity index (χ1v) is 4.59. The average Bonchev–Trinajstić information content (AvgIpc) is 2.14. The van der Waals surface area contributed by atoms with Gasteiger partial charge in [0.1, 0.15) is 5.76 Å². The Morgan fingerprint density at radius 3 is 1.87 bits per heavy atom. The van der Waals surface area contributed by atoms with Gasteiger partial charge in [-0.3, -0.25) is 0 Å². The molecule has 0 atom stereocenters. The maximum atomic E-state index is 12.2. The summed E-state index contributed by atoms with van der Waals surface area (Å²) in [6.07, 6.45) is -2.64. The molecule has 0 aromatic carbocycles. The second kappa shape index (κ2) is 7.15. The highest BCUT2D eigenvalue weighted by Gasteiger charge is 2.33. The first-order chi connectivity index (χ1) is 6.79. The zero-order chi connectivity index (χ0) is 12.6. The van der Waals surface area contributed by atoms with Crippen LogP contribution in [0.5, 0.6) is 0 Å². The Morgan fingerprint density at radius 2 is 1.67 bits per heavy atom. The molecule has 0 spiro atoms. The van der Waals surface area contributed by atoms with Crippen molar-refractivity contribution in [1.82, 2.24) is 0 Å². The topological polar surface area (TPSA) is 20.2 Å². The maximum Gasteiger partial charge on any atom is 0.416 e. The monoisotopic (exact) mass is 222 g/mol. The third kappa shape index (κ3) is 6.82. The highest BCUT2D eigenvalue weighted by molar-refractivity contribution is 5.35. The van der Waals surface area contributed by atoms with E-state index in [1.165, 1.54) is 19.9 Å². The Balaban J connectivity index is 0. The number of hydrogen-bond donors (Lipinski definition) is 1. The van der Waals surface area contributed by atoms with Gasteiger partial charge in [0.2, 0.25) is 0 Å². The third-order valence-corrected chi connectivity index (χ3v) is 1.35. The SMILES string of the molecule is C=C(C)/C(=C\C(O)=C/C)C(F)(F)F.CC. The molecule has 1 nitrogen and oxygen atoms in total. The quantitative estimate of drug-likeness (QED) is 0.537. The lowest BCUT2D eigenvalue weighted by Crippen LogP contribution is -2.12. The molecule has 0 unspecified atom stereocenters. The van der Waals surface area contributed by atoms with Gasteiger partial charge in [0.25, 0.3) is 0 Å². The minimum absolute atomic E-state index is 0.124. The standard InChI is InChI=1S/C9H11F3O.C2H6/c1-4-7(13)5-8(6(2)3)9(10,11)12;1-2/h4-5,13H,2H2,1,3H3;1-2H3/b7-4+,8-5+;. The van der Waals surface area contributed by atoms with Crippen LogP contribution < -0.4 is 0 Å². The Hall–Kier alpha value is -1.19. The third-order valence-electron chi connectivity index (χ3n) is 1.35. The summed E-state index contributed by atoms with van der Waals surface area (Å²) in [4.78, 5) is 0. The van der Waals surface area contributed by atoms with Crippen molar-refractivity contribution in [2.45, 2.75) is 33.9 Å². The Labute approximate surface area is 88.6 Å². The van der Waals surface area contributed by atoms with Gasteiger partial charge in [-0.1, -0.05) is 20.4 Å². The van der Waals surface area contributed by atoms with Crippen molar-refractivity contribution in [2.75, 3.05) is 0 Å². The molecule has 0 aromatic heterocycles. The molecule has 0 aliphatic heterocycles. The lowest BCUT2D eigenvalue weighted by Gasteiger charge is -2.10. The number of alkyl halides is 3. The van der Waals surface area contributed by atoms with E-state index in [0.29, 0.717) is 6.08 Å². The minimum Gasteiger partial charge on any atom is -0.508 e. The van der Waals surface area contributed by atoms with E-state index in [4.69, 9.17) is 5.11 Å². The van der Waals surface area contributed by atoms with Gasteiger partial charge in [-0.25, -0.2) is 0 Å².